The zero-order valence-corrected chi connectivity index (χ0v) is 9.09. The molecule has 3 heteroatoms. The summed E-state index contributed by atoms with van der Waals surface area (Å²) in [7, 11) is 1.80. The normalized spacial score (nSPS) is 34.7. The van der Waals surface area contributed by atoms with E-state index < -0.39 is 0 Å². The third-order valence-corrected chi connectivity index (χ3v) is 3.83. The first-order valence-corrected chi connectivity index (χ1v) is 5.77. The summed E-state index contributed by atoms with van der Waals surface area (Å²) in [6.07, 6.45) is 7.76. The Kier molecular flexibility index (Phi) is 3.10. The van der Waals surface area contributed by atoms with Gasteiger partial charge >= 0.3 is 0 Å². The van der Waals surface area contributed by atoms with Gasteiger partial charge in [-0.2, -0.15) is 0 Å². The van der Waals surface area contributed by atoms with Crippen LogP contribution >= 0.6 is 0 Å². The molecule has 0 amide bonds. The molecular formula is C11H22N2O. The van der Waals surface area contributed by atoms with Crippen LogP contribution in [0.2, 0.25) is 0 Å². The summed E-state index contributed by atoms with van der Waals surface area (Å²) in [4.78, 5) is 0. The van der Waals surface area contributed by atoms with Crippen molar-refractivity contribution in [1.82, 2.24) is 5.32 Å². The lowest BCUT2D eigenvalue weighted by atomic mass is 9.75. The van der Waals surface area contributed by atoms with Gasteiger partial charge in [-0.1, -0.05) is 0 Å². The highest BCUT2D eigenvalue weighted by Crippen LogP contribution is 2.32. The van der Waals surface area contributed by atoms with Crippen molar-refractivity contribution in [2.24, 2.45) is 5.73 Å². The van der Waals surface area contributed by atoms with Crippen molar-refractivity contribution in [3.63, 3.8) is 0 Å². The molecule has 3 N–H and O–H groups in total. The Balaban J connectivity index is 1.52. The largest absolute Gasteiger partial charge is 0.381 e. The Morgan fingerprint density at radius 3 is 2.64 bits per heavy atom. The quantitative estimate of drug-likeness (QED) is 0.693. The molecule has 0 aliphatic heterocycles. The van der Waals surface area contributed by atoms with Crippen molar-refractivity contribution >= 4 is 0 Å². The van der Waals surface area contributed by atoms with E-state index in [1.165, 1.54) is 32.1 Å². The van der Waals surface area contributed by atoms with Gasteiger partial charge in [-0.15, -0.1) is 0 Å². The van der Waals surface area contributed by atoms with E-state index in [1.807, 2.05) is 0 Å². The standard InChI is InChI=1S/C11H22N2O/c1-14-10-7-9(8-10)13-6-5-11(12)3-2-4-11/h9-10,13H,2-8,12H2,1H3. The molecule has 0 saturated heterocycles. The molecule has 0 aromatic heterocycles. The molecule has 0 unspecified atom stereocenters. The lowest BCUT2D eigenvalue weighted by Gasteiger charge is -2.40. The van der Waals surface area contributed by atoms with Crippen LogP contribution in [0.15, 0.2) is 0 Å². The Bertz CT molecular complexity index is 186. The fourth-order valence-corrected chi connectivity index (χ4v) is 2.33. The van der Waals surface area contributed by atoms with Gasteiger partial charge in [-0.3, -0.25) is 0 Å². The van der Waals surface area contributed by atoms with E-state index in [4.69, 9.17) is 10.5 Å². The van der Waals surface area contributed by atoms with Crippen molar-refractivity contribution < 1.29 is 4.74 Å². The Morgan fingerprint density at radius 1 is 1.43 bits per heavy atom. The van der Waals surface area contributed by atoms with E-state index in [2.05, 4.69) is 5.32 Å². The molecule has 0 heterocycles. The molecule has 2 rings (SSSR count). The molecular weight excluding hydrogens is 176 g/mol. The Morgan fingerprint density at radius 2 is 2.14 bits per heavy atom. The van der Waals surface area contributed by atoms with Gasteiger partial charge in [-0.25, -0.2) is 0 Å². The number of nitrogens with two attached hydrogens (primary N) is 1. The van der Waals surface area contributed by atoms with Crippen LogP contribution in [0.25, 0.3) is 0 Å². The van der Waals surface area contributed by atoms with E-state index in [-0.39, 0.29) is 5.54 Å². The second-order valence-corrected chi connectivity index (χ2v) is 4.95. The van der Waals surface area contributed by atoms with Gasteiger partial charge in [0.15, 0.2) is 0 Å². The van der Waals surface area contributed by atoms with Gasteiger partial charge in [0.25, 0.3) is 0 Å². The summed E-state index contributed by atoms with van der Waals surface area (Å²) in [6, 6.07) is 0.684. The first-order valence-electron chi connectivity index (χ1n) is 5.77. The van der Waals surface area contributed by atoms with E-state index in [0.717, 1.165) is 13.0 Å². The minimum Gasteiger partial charge on any atom is -0.381 e. The summed E-state index contributed by atoms with van der Waals surface area (Å²) in [5.41, 5.74) is 6.32. The highest BCUT2D eigenvalue weighted by atomic mass is 16.5. The zero-order valence-electron chi connectivity index (χ0n) is 9.09. The summed E-state index contributed by atoms with van der Waals surface area (Å²) >= 11 is 0. The number of methoxy groups -OCH3 is 1. The number of hydrogen-bond acceptors (Lipinski definition) is 3. The molecule has 2 fully saturated rings. The molecule has 0 bridgehead atoms. The topological polar surface area (TPSA) is 47.3 Å². The lowest BCUT2D eigenvalue weighted by Crippen LogP contribution is -2.51. The molecule has 0 radical (unpaired) electrons. The van der Waals surface area contributed by atoms with Crippen molar-refractivity contribution in [1.29, 1.82) is 0 Å². The van der Waals surface area contributed by atoms with Crippen LogP contribution in [0.5, 0.6) is 0 Å². The Hall–Kier alpha value is -0.120. The number of hydrogen-bond donors (Lipinski definition) is 2. The van der Waals surface area contributed by atoms with E-state index in [1.54, 1.807) is 7.11 Å². The maximum atomic E-state index is 6.14. The van der Waals surface area contributed by atoms with Crippen molar-refractivity contribution in [2.45, 2.75) is 56.2 Å². The molecule has 0 aromatic rings. The summed E-state index contributed by atoms with van der Waals surface area (Å²) in [5.74, 6) is 0. The third kappa shape index (κ3) is 2.27. The molecule has 2 saturated carbocycles. The van der Waals surface area contributed by atoms with Crippen LogP contribution in [0, 0.1) is 0 Å². The fourth-order valence-electron chi connectivity index (χ4n) is 2.33. The summed E-state index contributed by atoms with van der Waals surface area (Å²) in [5, 5.41) is 3.55. The average molecular weight is 198 g/mol. The average Bonchev–Trinajstić information content (AvgIpc) is 2.06. The predicted molar refractivity (Wildman–Crippen MR) is 57.2 cm³/mol. The molecule has 14 heavy (non-hydrogen) atoms. The number of rotatable bonds is 5. The van der Waals surface area contributed by atoms with Crippen LogP contribution in [-0.2, 0) is 4.74 Å². The smallest absolute Gasteiger partial charge is 0.0601 e. The second-order valence-electron chi connectivity index (χ2n) is 4.95. The molecule has 82 valence electrons. The van der Waals surface area contributed by atoms with Crippen LogP contribution in [0.4, 0.5) is 0 Å². The summed E-state index contributed by atoms with van der Waals surface area (Å²) in [6.45, 7) is 1.08. The third-order valence-electron chi connectivity index (χ3n) is 3.83. The number of nitrogens with one attached hydrogen (secondary N) is 1. The predicted octanol–water partition coefficient (Wildman–Crippen LogP) is 1.02. The molecule has 0 aromatic carbocycles. The van der Waals surface area contributed by atoms with Crippen molar-refractivity contribution in [3.05, 3.63) is 0 Å². The minimum atomic E-state index is 0.178. The van der Waals surface area contributed by atoms with Crippen LogP contribution in [-0.4, -0.2) is 31.3 Å². The monoisotopic (exact) mass is 198 g/mol. The van der Waals surface area contributed by atoms with Crippen molar-refractivity contribution in [2.75, 3.05) is 13.7 Å². The summed E-state index contributed by atoms with van der Waals surface area (Å²) < 4.78 is 5.23. The van der Waals surface area contributed by atoms with Crippen LogP contribution in [0.3, 0.4) is 0 Å². The van der Waals surface area contributed by atoms with Crippen molar-refractivity contribution in [3.8, 4) is 0 Å². The first-order chi connectivity index (χ1) is 6.72. The van der Waals surface area contributed by atoms with Gasteiger partial charge < -0.3 is 15.8 Å². The van der Waals surface area contributed by atoms with Gasteiger partial charge in [0.05, 0.1) is 6.10 Å². The maximum absolute atomic E-state index is 6.14. The highest BCUT2D eigenvalue weighted by Gasteiger charge is 2.33. The van der Waals surface area contributed by atoms with Crippen LogP contribution < -0.4 is 11.1 Å². The van der Waals surface area contributed by atoms with E-state index in [9.17, 15) is 0 Å². The van der Waals surface area contributed by atoms with Crippen LogP contribution in [0.1, 0.15) is 38.5 Å². The zero-order chi connectivity index (χ0) is 10.0. The van der Waals surface area contributed by atoms with Gasteiger partial charge in [0, 0.05) is 18.7 Å². The Labute approximate surface area is 86.4 Å². The second kappa shape index (κ2) is 4.17. The SMILES string of the molecule is COC1CC(NCCC2(N)CCC2)C1. The highest BCUT2D eigenvalue weighted by molar-refractivity contribution is 4.94. The minimum absolute atomic E-state index is 0.178. The van der Waals surface area contributed by atoms with Gasteiger partial charge in [-0.05, 0) is 45.1 Å². The molecule has 0 atom stereocenters. The molecule has 2 aliphatic rings. The molecule has 0 spiro atoms. The molecule has 3 nitrogen and oxygen atoms in total. The number of ether oxygens (including phenoxy) is 1. The van der Waals surface area contributed by atoms with E-state index in [0.29, 0.717) is 12.1 Å². The first kappa shape index (κ1) is 10.4. The van der Waals surface area contributed by atoms with Gasteiger partial charge in [0.1, 0.15) is 0 Å². The molecule has 2 aliphatic carbocycles. The van der Waals surface area contributed by atoms with Gasteiger partial charge in [0.2, 0.25) is 0 Å². The van der Waals surface area contributed by atoms with E-state index >= 15 is 0 Å². The fraction of sp³-hybridized carbons (Fsp3) is 1.00. The lowest BCUT2D eigenvalue weighted by molar-refractivity contribution is 0.0167. The maximum Gasteiger partial charge on any atom is 0.0601 e.